The van der Waals surface area contributed by atoms with Crippen LogP contribution in [0.2, 0.25) is 0 Å². The molecule has 0 saturated carbocycles. The van der Waals surface area contributed by atoms with Crippen LogP contribution in [0.1, 0.15) is 46.1 Å². The normalized spacial score (nSPS) is 24.8. The number of aliphatic hydroxyl groups is 1. The van der Waals surface area contributed by atoms with Crippen molar-refractivity contribution in [3.8, 4) is 5.75 Å². The number of nitrogens with one attached hydrogen (secondary N) is 2. The number of aliphatic hydroxyl groups excluding tert-OH is 1. The van der Waals surface area contributed by atoms with E-state index >= 15 is 4.79 Å². The zero-order valence-electron chi connectivity index (χ0n) is 28.3. The van der Waals surface area contributed by atoms with Gasteiger partial charge in [0.05, 0.1) is 24.6 Å². The number of para-hydroxylation sites is 2. The van der Waals surface area contributed by atoms with Gasteiger partial charge in [0.25, 0.3) is 0 Å². The van der Waals surface area contributed by atoms with Crippen LogP contribution in [0.3, 0.4) is 0 Å². The van der Waals surface area contributed by atoms with E-state index in [0.717, 1.165) is 16.8 Å². The molecule has 5 aromatic rings. The highest BCUT2D eigenvalue weighted by Crippen LogP contribution is 2.65. The highest BCUT2D eigenvalue weighted by molar-refractivity contribution is 6.12. The van der Waals surface area contributed by atoms with Gasteiger partial charge in [-0.05, 0) is 41.0 Å². The zero-order valence-corrected chi connectivity index (χ0v) is 28.3. The number of benzene rings is 4. The van der Waals surface area contributed by atoms with E-state index in [1.165, 1.54) is 0 Å². The number of carbonyl (C=O) groups is 3. The molecule has 4 heterocycles. The fraction of sp³-hybridized carbons (Fsp3) is 0.238. The molecular formula is C42H38N4O6. The van der Waals surface area contributed by atoms with Gasteiger partial charge in [0, 0.05) is 36.1 Å². The Bertz CT molecular complexity index is 2080. The maximum atomic E-state index is 15.1. The molecule has 262 valence electrons. The molecule has 52 heavy (non-hydrogen) atoms. The molecule has 0 radical (unpaired) electrons. The third-order valence-electron chi connectivity index (χ3n) is 10.5. The Morgan fingerprint density at radius 3 is 2.29 bits per heavy atom. The summed E-state index contributed by atoms with van der Waals surface area (Å²) < 4.78 is 12.6. The minimum atomic E-state index is -1.60. The van der Waals surface area contributed by atoms with Crippen LogP contribution in [0.15, 0.2) is 134 Å². The lowest BCUT2D eigenvalue weighted by molar-refractivity contribution is -0.178. The molecule has 10 nitrogen and oxygen atoms in total. The Hall–Kier alpha value is -5.84. The summed E-state index contributed by atoms with van der Waals surface area (Å²) in [5.74, 6) is -2.22. The summed E-state index contributed by atoms with van der Waals surface area (Å²) in [6.07, 6.45) is 1.38. The van der Waals surface area contributed by atoms with Crippen LogP contribution >= 0.6 is 0 Å². The second kappa shape index (κ2) is 14.1. The number of carbonyl (C=O) groups excluding carboxylic acids is 3. The second-order valence-corrected chi connectivity index (χ2v) is 13.2. The van der Waals surface area contributed by atoms with Crippen LogP contribution in [0.5, 0.6) is 5.75 Å². The Morgan fingerprint density at radius 1 is 0.846 bits per heavy atom. The topological polar surface area (TPSA) is 130 Å². The lowest BCUT2D eigenvalue weighted by Gasteiger charge is -2.46. The van der Waals surface area contributed by atoms with Gasteiger partial charge in [0.2, 0.25) is 11.8 Å². The van der Waals surface area contributed by atoms with Crippen LogP contribution in [-0.4, -0.2) is 58.6 Å². The molecule has 3 aliphatic rings. The lowest BCUT2D eigenvalue weighted by atomic mass is 9.65. The summed E-state index contributed by atoms with van der Waals surface area (Å²) >= 11 is 0. The molecule has 1 aromatic heterocycles. The molecular weight excluding hydrogens is 656 g/mol. The SMILES string of the molecule is O=C1O[C@H](c2ccccc2)[C@H](c2ccccc2)N2[C@H]1[C@@H](C(=O)NCCc1ccccn1)[C@]1(C(=O)Nc3ccccc31)[C@H]2c1ccccc1OCCO. The number of nitrogens with zero attached hydrogens (tertiary/aromatic N) is 2. The van der Waals surface area contributed by atoms with Crippen molar-refractivity contribution < 1.29 is 29.0 Å². The van der Waals surface area contributed by atoms with Crippen molar-refractivity contribution in [2.75, 3.05) is 25.1 Å². The Kier molecular flexibility index (Phi) is 9.00. The first-order valence-corrected chi connectivity index (χ1v) is 17.5. The highest BCUT2D eigenvalue weighted by Gasteiger charge is 2.74. The number of ether oxygens (including phenoxy) is 2. The molecule has 0 bridgehead atoms. The Labute approximate surface area is 301 Å². The minimum absolute atomic E-state index is 0.0111. The first kappa shape index (κ1) is 33.3. The molecule has 0 unspecified atom stereocenters. The molecule has 1 spiro atoms. The van der Waals surface area contributed by atoms with Crippen LogP contribution < -0.4 is 15.4 Å². The Morgan fingerprint density at radius 2 is 1.54 bits per heavy atom. The van der Waals surface area contributed by atoms with Crippen molar-refractivity contribution in [3.63, 3.8) is 0 Å². The predicted molar refractivity (Wildman–Crippen MR) is 193 cm³/mol. The van der Waals surface area contributed by atoms with E-state index in [2.05, 4.69) is 15.6 Å². The average Bonchev–Trinajstić information content (AvgIpc) is 3.67. The lowest BCUT2D eigenvalue weighted by Crippen LogP contribution is -2.55. The highest BCUT2D eigenvalue weighted by atomic mass is 16.6. The number of hydrogen-bond acceptors (Lipinski definition) is 8. The number of hydrogen-bond donors (Lipinski definition) is 3. The number of esters is 1. The van der Waals surface area contributed by atoms with Gasteiger partial charge in [-0.3, -0.25) is 24.3 Å². The van der Waals surface area contributed by atoms with E-state index in [1.807, 2.05) is 126 Å². The molecule has 4 aromatic carbocycles. The van der Waals surface area contributed by atoms with Crippen LogP contribution in [-0.2, 0) is 31.0 Å². The third kappa shape index (κ3) is 5.51. The molecule has 3 N–H and O–H groups in total. The van der Waals surface area contributed by atoms with Crippen LogP contribution in [0.25, 0.3) is 0 Å². The third-order valence-corrected chi connectivity index (χ3v) is 10.5. The number of anilines is 1. The number of pyridine rings is 1. The summed E-state index contributed by atoms with van der Waals surface area (Å²) in [4.78, 5) is 51.3. The number of morpholine rings is 1. The fourth-order valence-electron chi connectivity index (χ4n) is 8.48. The minimum Gasteiger partial charge on any atom is -0.491 e. The smallest absolute Gasteiger partial charge is 0.324 e. The van der Waals surface area contributed by atoms with Gasteiger partial charge < -0.3 is 25.2 Å². The first-order valence-electron chi connectivity index (χ1n) is 17.5. The number of amides is 2. The van der Waals surface area contributed by atoms with Gasteiger partial charge in [0.15, 0.2) is 0 Å². The van der Waals surface area contributed by atoms with Crippen LogP contribution in [0.4, 0.5) is 5.69 Å². The average molecular weight is 695 g/mol. The fourth-order valence-corrected chi connectivity index (χ4v) is 8.48. The molecule has 2 saturated heterocycles. The van der Waals surface area contributed by atoms with Gasteiger partial charge >= 0.3 is 5.97 Å². The largest absolute Gasteiger partial charge is 0.491 e. The maximum Gasteiger partial charge on any atom is 0.324 e. The summed E-state index contributed by atoms with van der Waals surface area (Å²) in [6, 6.07) is 36.9. The van der Waals surface area contributed by atoms with Gasteiger partial charge in [-0.15, -0.1) is 0 Å². The number of fused-ring (bicyclic) bond motifs is 3. The quantitative estimate of drug-likeness (QED) is 0.173. The van der Waals surface area contributed by atoms with Gasteiger partial charge in [0.1, 0.15) is 29.9 Å². The monoisotopic (exact) mass is 694 g/mol. The van der Waals surface area contributed by atoms with Crippen molar-refractivity contribution in [2.24, 2.45) is 5.92 Å². The van der Waals surface area contributed by atoms with Crippen LogP contribution in [0, 0.1) is 5.92 Å². The summed E-state index contributed by atoms with van der Waals surface area (Å²) in [5, 5.41) is 16.0. The first-order chi connectivity index (χ1) is 25.5. The van der Waals surface area contributed by atoms with Crippen molar-refractivity contribution in [2.45, 2.75) is 36.1 Å². The van der Waals surface area contributed by atoms with Crippen molar-refractivity contribution in [3.05, 3.63) is 162 Å². The standard InChI is InChI=1S/C42H38N4O6/c47-25-26-51-33-21-10-7-18-30(33)38-42(31-19-8-9-20-32(31)45-41(42)50)34(39(48)44-24-22-29-17-11-12-23-43-29)36-40(49)52-37(28-15-5-2-6-16-28)35(46(36)38)27-13-3-1-4-14-27/h1-21,23,34-38,47H,22,24-26H2,(H,44,48)(H,45,50)/t34-,35-,36-,37+,38+,42-/m0/s1. The molecule has 10 heteroatoms. The predicted octanol–water partition coefficient (Wildman–Crippen LogP) is 5.08. The van der Waals surface area contributed by atoms with E-state index < -0.39 is 53.3 Å². The maximum absolute atomic E-state index is 15.1. The number of aromatic nitrogens is 1. The summed E-state index contributed by atoms with van der Waals surface area (Å²) in [7, 11) is 0. The van der Waals surface area contributed by atoms with E-state index in [0.29, 0.717) is 29.0 Å². The van der Waals surface area contributed by atoms with Crippen molar-refractivity contribution in [1.29, 1.82) is 0 Å². The van der Waals surface area contributed by atoms with Gasteiger partial charge in [-0.2, -0.15) is 0 Å². The van der Waals surface area contributed by atoms with E-state index in [-0.39, 0.29) is 19.8 Å². The van der Waals surface area contributed by atoms with E-state index in [1.54, 1.807) is 12.3 Å². The molecule has 2 amide bonds. The molecule has 3 aliphatic heterocycles. The van der Waals surface area contributed by atoms with E-state index in [4.69, 9.17) is 9.47 Å². The molecule has 8 rings (SSSR count). The molecule has 0 aliphatic carbocycles. The zero-order chi connectivity index (χ0) is 35.7. The summed E-state index contributed by atoms with van der Waals surface area (Å²) in [6.45, 7) is 0.0242. The number of rotatable bonds is 10. The summed E-state index contributed by atoms with van der Waals surface area (Å²) in [5.41, 5.74) is 2.62. The Balaban J connectivity index is 1.38. The molecule has 6 atom stereocenters. The van der Waals surface area contributed by atoms with E-state index in [9.17, 15) is 14.7 Å². The van der Waals surface area contributed by atoms with Gasteiger partial charge in [-0.25, -0.2) is 0 Å². The number of cyclic esters (lactones) is 1. The second-order valence-electron chi connectivity index (χ2n) is 13.2. The molecule has 2 fully saturated rings. The van der Waals surface area contributed by atoms with Crippen molar-refractivity contribution in [1.82, 2.24) is 15.2 Å². The van der Waals surface area contributed by atoms with Crippen molar-refractivity contribution >= 4 is 23.5 Å². The van der Waals surface area contributed by atoms with Gasteiger partial charge in [-0.1, -0.05) is 103 Å².